The summed E-state index contributed by atoms with van der Waals surface area (Å²) >= 11 is 1.72. The highest BCUT2D eigenvalue weighted by Gasteiger charge is 2.32. The lowest BCUT2D eigenvalue weighted by atomic mass is 9.77. The fourth-order valence-corrected chi connectivity index (χ4v) is 5.11. The zero-order chi connectivity index (χ0) is 20.4. The fourth-order valence-electron chi connectivity index (χ4n) is 3.80. The van der Waals surface area contributed by atoms with Crippen LogP contribution < -0.4 is 0 Å². The van der Waals surface area contributed by atoms with E-state index in [-0.39, 0.29) is 23.3 Å². The third-order valence-corrected chi connectivity index (χ3v) is 6.38. The van der Waals surface area contributed by atoms with Crippen LogP contribution in [0.15, 0.2) is 77.7 Å². The molecule has 0 fully saturated rings. The second-order valence-electron chi connectivity index (χ2n) is 7.05. The van der Waals surface area contributed by atoms with Crippen LogP contribution in [0.1, 0.15) is 34.1 Å². The molecule has 146 valence electrons. The fraction of sp³-hybridized carbons (Fsp3) is 0.125. The van der Waals surface area contributed by atoms with Gasteiger partial charge in [-0.15, -0.1) is 11.8 Å². The van der Waals surface area contributed by atoms with E-state index in [2.05, 4.69) is 0 Å². The maximum Gasteiger partial charge on any atom is 0.328 e. The molecule has 3 aromatic carbocycles. The van der Waals surface area contributed by atoms with E-state index >= 15 is 0 Å². The minimum atomic E-state index is -0.973. The van der Waals surface area contributed by atoms with E-state index in [1.54, 1.807) is 36.0 Å². The molecule has 3 N–H and O–H groups in total. The van der Waals surface area contributed by atoms with Crippen LogP contribution in [-0.2, 0) is 4.79 Å². The topological polar surface area (TPSA) is 77.8 Å². The second kappa shape index (κ2) is 8.05. The van der Waals surface area contributed by atoms with E-state index in [4.69, 9.17) is 5.11 Å². The molecule has 0 saturated heterocycles. The van der Waals surface area contributed by atoms with Crippen LogP contribution in [-0.4, -0.2) is 27.0 Å². The van der Waals surface area contributed by atoms with Crippen molar-refractivity contribution in [2.75, 3.05) is 5.75 Å². The van der Waals surface area contributed by atoms with Crippen molar-refractivity contribution in [3.05, 3.63) is 95.1 Å². The molecule has 5 heteroatoms. The Labute approximate surface area is 173 Å². The molecule has 0 aromatic heterocycles. The van der Waals surface area contributed by atoms with Crippen LogP contribution in [0.25, 0.3) is 6.08 Å². The minimum absolute atomic E-state index is 0.0916. The van der Waals surface area contributed by atoms with Crippen molar-refractivity contribution in [2.45, 2.75) is 16.7 Å². The van der Waals surface area contributed by atoms with Gasteiger partial charge in [0.25, 0.3) is 0 Å². The molecule has 0 bridgehead atoms. The van der Waals surface area contributed by atoms with Gasteiger partial charge in [-0.05, 0) is 52.6 Å². The highest BCUT2D eigenvalue weighted by molar-refractivity contribution is 7.99. The van der Waals surface area contributed by atoms with E-state index in [1.165, 1.54) is 0 Å². The smallest absolute Gasteiger partial charge is 0.328 e. The zero-order valence-electron chi connectivity index (χ0n) is 15.5. The van der Waals surface area contributed by atoms with E-state index in [1.807, 2.05) is 48.5 Å². The number of carbonyl (C=O) groups is 1. The molecule has 1 aliphatic rings. The Morgan fingerprint density at radius 3 is 2.24 bits per heavy atom. The summed E-state index contributed by atoms with van der Waals surface area (Å²) in [6.07, 6.45) is 2.70. The number of phenolic OH excluding ortho intramolecular Hbond substituents is 2. The number of carboxylic acid groups (broad SMARTS) is 1. The Kier molecular flexibility index (Phi) is 5.32. The molecule has 1 heterocycles. The second-order valence-corrected chi connectivity index (χ2v) is 8.11. The Balaban J connectivity index is 1.76. The molecule has 0 amide bonds. The third-order valence-electron chi connectivity index (χ3n) is 5.19. The number of aliphatic carboxylic acids is 1. The van der Waals surface area contributed by atoms with Crippen molar-refractivity contribution in [1.82, 2.24) is 0 Å². The summed E-state index contributed by atoms with van der Waals surface area (Å²) in [5.74, 6) is 0.680. The Bertz CT molecular complexity index is 1060. The molecular weight excluding hydrogens is 384 g/mol. The van der Waals surface area contributed by atoms with Gasteiger partial charge < -0.3 is 15.3 Å². The SMILES string of the molecule is O=C(O)/C=C/c1ccc([C@H]2c3ccc(O)cc3SCC2c2ccc(O)cc2)cc1. The summed E-state index contributed by atoms with van der Waals surface area (Å²) < 4.78 is 0. The van der Waals surface area contributed by atoms with Gasteiger partial charge in [0.05, 0.1) is 0 Å². The van der Waals surface area contributed by atoms with Gasteiger partial charge in [-0.1, -0.05) is 42.5 Å². The summed E-state index contributed by atoms with van der Waals surface area (Å²) in [7, 11) is 0. The summed E-state index contributed by atoms with van der Waals surface area (Å²) in [6, 6.07) is 20.8. The van der Waals surface area contributed by atoms with E-state index < -0.39 is 5.97 Å². The van der Waals surface area contributed by atoms with Crippen LogP contribution in [0.5, 0.6) is 11.5 Å². The van der Waals surface area contributed by atoms with Crippen molar-refractivity contribution in [2.24, 2.45) is 0 Å². The van der Waals surface area contributed by atoms with Crippen LogP contribution >= 0.6 is 11.8 Å². The van der Waals surface area contributed by atoms with Crippen LogP contribution in [0.4, 0.5) is 0 Å². The first-order valence-electron chi connectivity index (χ1n) is 9.27. The lowest BCUT2D eigenvalue weighted by molar-refractivity contribution is -0.131. The highest BCUT2D eigenvalue weighted by atomic mass is 32.2. The number of hydrogen-bond acceptors (Lipinski definition) is 4. The van der Waals surface area contributed by atoms with Gasteiger partial charge in [-0.25, -0.2) is 4.79 Å². The molecule has 3 aromatic rings. The molecular formula is C24H20O4S. The number of phenols is 2. The normalized spacial score (nSPS) is 18.5. The van der Waals surface area contributed by atoms with Crippen molar-refractivity contribution in [1.29, 1.82) is 0 Å². The summed E-state index contributed by atoms with van der Waals surface area (Å²) in [5.41, 5.74) is 4.26. The monoisotopic (exact) mass is 404 g/mol. The van der Waals surface area contributed by atoms with Crippen molar-refractivity contribution < 1.29 is 20.1 Å². The first-order chi connectivity index (χ1) is 14.0. The third kappa shape index (κ3) is 4.15. The van der Waals surface area contributed by atoms with Gasteiger partial charge in [0, 0.05) is 28.6 Å². The van der Waals surface area contributed by atoms with Gasteiger partial charge in [-0.2, -0.15) is 0 Å². The predicted molar refractivity (Wildman–Crippen MR) is 115 cm³/mol. The maximum atomic E-state index is 10.7. The van der Waals surface area contributed by atoms with Gasteiger partial charge in [0.2, 0.25) is 0 Å². The lowest BCUT2D eigenvalue weighted by Crippen LogP contribution is -2.19. The van der Waals surface area contributed by atoms with E-state index in [9.17, 15) is 15.0 Å². The number of rotatable bonds is 4. The van der Waals surface area contributed by atoms with Crippen molar-refractivity contribution in [3.8, 4) is 11.5 Å². The molecule has 29 heavy (non-hydrogen) atoms. The minimum Gasteiger partial charge on any atom is -0.508 e. The highest BCUT2D eigenvalue weighted by Crippen LogP contribution is 2.49. The summed E-state index contributed by atoms with van der Waals surface area (Å²) in [6.45, 7) is 0. The molecule has 0 spiro atoms. The molecule has 0 aliphatic carbocycles. The molecule has 1 aliphatic heterocycles. The Morgan fingerprint density at radius 2 is 1.55 bits per heavy atom. The quantitative estimate of drug-likeness (QED) is 0.520. The van der Waals surface area contributed by atoms with Gasteiger partial charge in [0.15, 0.2) is 0 Å². The van der Waals surface area contributed by atoms with Gasteiger partial charge in [0.1, 0.15) is 11.5 Å². The predicted octanol–water partition coefficient (Wildman–Crippen LogP) is 5.22. The number of thioether (sulfide) groups is 1. The summed E-state index contributed by atoms with van der Waals surface area (Å²) in [5, 5.41) is 28.4. The molecule has 4 nitrogen and oxygen atoms in total. The number of benzene rings is 3. The van der Waals surface area contributed by atoms with Crippen molar-refractivity contribution in [3.63, 3.8) is 0 Å². The van der Waals surface area contributed by atoms with Crippen LogP contribution in [0.3, 0.4) is 0 Å². The number of carboxylic acids is 1. The number of aromatic hydroxyl groups is 2. The maximum absolute atomic E-state index is 10.7. The van der Waals surface area contributed by atoms with Gasteiger partial charge in [-0.3, -0.25) is 0 Å². The largest absolute Gasteiger partial charge is 0.508 e. The summed E-state index contributed by atoms with van der Waals surface area (Å²) in [4.78, 5) is 11.8. The molecule has 4 rings (SSSR count). The number of fused-ring (bicyclic) bond motifs is 1. The zero-order valence-corrected chi connectivity index (χ0v) is 16.3. The van der Waals surface area contributed by atoms with Crippen LogP contribution in [0, 0.1) is 0 Å². The standard InChI is InChI=1S/C24H20O4S/c25-18-8-6-16(7-9-18)21-14-29-22-13-19(26)10-11-20(22)24(21)17-4-1-15(2-5-17)3-12-23(27)28/h1-13,21,24-26H,14H2,(H,27,28)/b12-3+/t21?,24-/m0/s1. The van der Waals surface area contributed by atoms with E-state index in [0.29, 0.717) is 0 Å². The lowest BCUT2D eigenvalue weighted by Gasteiger charge is -2.34. The average Bonchev–Trinajstić information content (AvgIpc) is 2.72. The van der Waals surface area contributed by atoms with E-state index in [0.717, 1.165) is 39.0 Å². The molecule has 0 saturated carbocycles. The first-order valence-corrected chi connectivity index (χ1v) is 10.3. The number of hydrogen-bond donors (Lipinski definition) is 3. The Morgan fingerprint density at radius 1 is 0.897 bits per heavy atom. The first kappa shape index (κ1) is 19.2. The molecule has 1 unspecified atom stereocenters. The average molecular weight is 404 g/mol. The van der Waals surface area contributed by atoms with Crippen LogP contribution in [0.2, 0.25) is 0 Å². The van der Waals surface area contributed by atoms with Gasteiger partial charge >= 0.3 is 5.97 Å². The molecule has 2 atom stereocenters. The van der Waals surface area contributed by atoms with Crippen molar-refractivity contribution >= 4 is 23.8 Å². The Hall–Kier alpha value is -3.18. The molecule has 0 radical (unpaired) electrons.